The van der Waals surface area contributed by atoms with Crippen molar-refractivity contribution in [3.63, 3.8) is 0 Å². The van der Waals surface area contributed by atoms with Crippen LogP contribution in [0.2, 0.25) is 0 Å². The van der Waals surface area contributed by atoms with E-state index < -0.39 is 44.9 Å². The largest absolute Gasteiger partial charge is 0.469 e. The minimum Gasteiger partial charge on any atom is -0.462 e. The van der Waals surface area contributed by atoms with Gasteiger partial charge in [-0.1, -0.05) is 6.92 Å². The molecular formula is C14H21NO9P+. The normalized spacial score (nSPS) is 26.6. The maximum Gasteiger partial charge on any atom is 0.469 e. The number of carbonyl (C=O) groups is 1. The molecular weight excluding hydrogens is 357 g/mol. The molecule has 0 bridgehead atoms. The van der Waals surface area contributed by atoms with Crippen LogP contribution in [0, 0.1) is 0 Å². The molecule has 2 rings (SSSR count). The molecule has 0 spiro atoms. The molecule has 0 amide bonds. The first-order valence-corrected chi connectivity index (χ1v) is 9.15. The Morgan fingerprint density at radius 3 is 2.72 bits per heavy atom. The third-order valence-electron chi connectivity index (χ3n) is 3.53. The fourth-order valence-corrected chi connectivity index (χ4v) is 2.67. The predicted molar refractivity (Wildman–Crippen MR) is 81.1 cm³/mol. The smallest absolute Gasteiger partial charge is 0.462 e. The second kappa shape index (κ2) is 8.33. The van der Waals surface area contributed by atoms with Crippen molar-refractivity contribution < 1.29 is 47.9 Å². The lowest BCUT2D eigenvalue weighted by molar-refractivity contribution is -0.765. The van der Waals surface area contributed by atoms with E-state index in [9.17, 15) is 19.6 Å². The molecule has 0 aliphatic carbocycles. The number of carbonyl (C=O) groups excluding carboxylic acids is 1. The van der Waals surface area contributed by atoms with E-state index in [1.54, 1.807) is 6.07 Å². The minimum absolute atomic E-state index is 0.233. The molecule has 1 fully saturated rings. The summed E-state index contributed by atoms with van der Waals surface area (Å²) in [5, 5.41) is 20.1. The Balaban J connectivity index is 2.10. The quantitative estimate of drug-likeness (QED) is 0.274. The number of nitrogens with zero attached hydrogens (tertiary/aromatic N) is 1. The zero-order valence-electron chi connectivity index (χ0n) is 13.5. The average Bonchev–Trinajstić information content (AvgIpc) is 2.85. The van der Waals surface area contributed by atoms with Crippen molar-refractivity contribution >= 4 is 13.8 Å². The van der Waals surface area contributed by atoms with Gasteiger partial charge in [0.05, 0.1) is 13.2 Å². The van der Waals surface area contributed by atoms with E-state index in [0.717, 1.165) is 0 Å². The fraction of sp³-hybridized carbons (Fsp3) is 0.571. The highest BCUT2D eigenvalue weighted by Gasteiger charge is 2.49. The van der Waals surface area contributed by atoms with Crippen LogP contribution in [0.25, 0.3) is 0 Å². The van der Waals surface area contributed by atoms with Gasteiger partial charge in [-0.2, -0.15) is 4.57 Å². The number of hydrogen-bond acceptors (Lipinski definition) is 7. The van der Waals surface area contributed by atoms with Crippen molar-refractivity contribution in [3.8, 4) is 0 Å². The molecule has 1 aromatic heterocycles. The van der Waals surface area contributed by atoms with Gasteiger partial charge in [-0.3, -0.25) is 4.52 Å². The standard InChI is InChI=1S/C14H20NO9P/c1-2-6-22-14(18)9-4-3-5-15(7-9)13-12(17)11(16)10(24-13)8-23-25(19,20)21/h3-5,7,10-13,16-17H,2,6,8H2,1H3,(H-,19,20,21)/p+1/t10?,11-,12-,13?/m1/s1. The molecule has 0 radical (unpaired) electrons. The molecule has 2 unspecified atom stereocenters. The summed E-state index contributed by atoms with van der Waals surface area (Å²) < 4.78 is 26.9. The second-order valence-corrected chi connectivity index (χ2v) is 6.75. The van der Waals surface area contributed by atoms with E-state index in [2.05, 4.69) is 4.52 Å². The SMILES string of the molecule is CCCOC(=O)c1ccc[n+](C2OC(COP(=O)(O)O)[C@@H](O)[C@H]2O)c1. The van der Waals surface area contributed by atoms with Crippen molar-refractivity contribution in [2.24, 2.45) is 0 Å². The molecule has 10 nitrogen and oxygen atoms in total. The molecule has 25 heavy (non-hydrogen) atoms. The molecule has 11 heteroatoms. The third kappa shape index (κ3) is 5.29. The highest BCUT2D eigenvalue weighted by atomic mass is 31.2. The first kappa shape index (κ1) is 19.9. The number of aromatic nitrogens is 1. The lowest BCUT2D eigenvalue weighted by atomic mass is 10.1. The molecule has 0 saturated carbocycles. The maximum absolute atomic E-state index is 11.9. The van der Waals surface area contributed by atoms with Gasteiger partial charge in [0.15, 0.2) is 18.5 Å². The van der Waals surface area contributed by atoms with E-state index in [1.807, 2.05) is 6.92 Å². The topological polar surface area (TPSA) is 147 Å². The predicted octanol–water partition coefficient (Wildman–Crippen LogP) is -0.731. The summed E-state index contributed by atoms with van der Waals surface area (Å²) in [6.07, 6.45) is -1.41. The number of esters is 1. The maximum atomic E-state index is 11.9. The van der Waals surface area contributed by atoms with Crippen LogP contribution in [0.1, 0.15) is 29.9 Å². The number of aliphatic hydroxyl groups excluding tert-OH is 2. The van der Waals surface area contributed by atoms with Gasteiger partial charge in [0, 0.05) is 6.07 Å². The highest BCUT2D eigenvalue weighted by Crippen LogP contribution is 2.37. The van der Waals surface area contributed by atoms with E-state index in [0.29, 0.717) is 6.42 Å². The van der Waals surface area contributed by atoms with E-state index in [1.165, 1.54) is 23.0 Å². The summed E-state index contributed by atoms with van der Waals surface area (Å²) in [5.41, 5.74) is 0.233. The lowest BCUT2D eigenvalue weighted by Gasteiger charge is -2.13. The monoisotopic (exact) mass is 378 g/mol. The Morgan fingerprint density at radius 2 is 2.08 bits per heavy atom. The summed E-state index contributed by atoms with van der Waals surface area (Å²) in [7, 11) is -4.73. The number of ether oxygens (including phenoxy) is 2. The third-order valence-corrected chi connectivity index (χ3v) is 4.02. The zero-order valence-corrected chi connectivity index (χ0v) is 14.4. The van der Waals surface area contributed by atoms with Crippen LogP contribution in [0.15, 0.2) is 24.5 Å². The van der Waals surface area contributed by atoms with Crippen molar-refractivity contribution in [1.29, 1.82) is 0 Å². The van der Waals surface area contributed by atoms with Gasteiger partial charge in [-0.05, 0) is 12.5 Å². The van der Waals surface area contributed by atoms with Gasteiger partial charge >= 0.3 is 13.8 Å². The lowest BCUT2D eigenvalue weighted by Crippen LogP contribution is -2.46. The van der Waals surface area contributed by atoms with Crippen LogP contribution < -0.4 is 4.57 Å². The number of hydrogen-bond donors (Lipinski definition) is 4. The number of phosphoric ester groups is 1. The van der Waals surface area contributed by atoms with Crippen molar-refractivity contribution in [2.75, 3.05) is 13.2 Å². The van der Waals surface area contributed by atoms with Gasteiger partial charge in [-0.25, -0.2) is 9.36 Å². The van der Waals surface area contributed by atoms with Gasteiger partial charge in [0.2, 0.25) is 0 Å². The number of phosphoric acid groups is 1. The van der Waals surface area contributed by atoms with Gasteiger partial charge in [0.25, 0.3) is 6.23 Å². The Kier molecular flexibility index (Phi) is 6.64. The van der Waals surface area contributed by atoms with Crippen LogP contribution in [0.3, 0.4) is 0 Å². The van der Waals surface area contributed by atoms with Crippen LogP contribution in [-0.2, 0) is 18.6 Å². The fourth-order valence-electron chi connectivity index (χ4n) is 2.33. The average molecular weight is 378 g/mol. The molecule has 2 heterocycles. The highest BCUT2D eigenvalue weighted by molar-refractivity contribution is 7.46. The summed E-state index contributed by atoms with van der Waals surface area (Å²) >= 11 is 0. The number of aliphatic hydroxyl groups is 2. The van der Waals surface area contributed by atoms with Crippen LogP contribution >= 0.6 is 7.82 Å². The Morgan fingerprint density at radius 1 is 1.36 bits per heavy atom. The van der Waals surface area contributed by atoms with Crippen molar-refractivity contribution in [1.82, 2.24) is 0 Å². The number of pyridine rings is 1. The molecule has 1 aliphatic rings. The first-order valence-electron chi connectivity index (χ1n) is 7.62. The van der Waals surface area contributed by atoms with Crippen molar-refractivity contribution in [3.05, 3.63) is 30.1 Å². The zero-order chi connectivity index (χ0) is 18.6. The summed E-state index contributed by atoms with van der Waals surface area (Å²) in [5.74, 6) is -0.536. The molecule has 140 valence electrons. The minimum atomic E-state index is -4.73. The summed E-state index contributed by atoms with van der Waals surface area (Å²) in [6.45, 7) is 1.54. The molecule has 4 atom stereocenters. The Bertz CT molecular complexity index is 649. The molecule has 4 N–H and O–H groups in total. The van der Waals surface area contributed by atoms with E-state index in [-0.39, 0.29) is 12.2 Å². The molecule has 0 aromatic carbocycles. The van der Waals surface area contributed by atoms with Gasteiger partial charge in [-0.15, -0.1) is 0 Å². The number of rotatable bonds is 7. The van der Waals surface area contributed by atoms with Gasteiger partial charge < -0.3 is 29.5 Å². The van der Waals surface area contributed by atoms with Crippen LogP contribution in [0.4, 0.5) is 0 Å². The summed E-state index contributed by atoms with van der Waals surface area (Å²) in [6, 6.07) is 3.07. The van der Waals surface area contributed by atoms with E-state index in [4.69, 9.17) is 19.3 Å². The van der Waals surface area contributed by atoms with Crippen LogP contribution in [0.5, 0.6) is 0 Å². The molecule has 1 aliphatic heterocycles. The molecule has 1 saturated heterocycles. The Hall–Kier alpha value is -1.39. The molecule has 1 aromatic rings. The first-order chi connectivity index (χ1) is 11.7. The second-order valence-electron chi connectivity index (χ2n) is 5.51. The van der Waals surface area contributed by atoms with E-state index >= 15 is 0 Å². The van der Waals surface area contributed by atoms with Gasteiger partial charge in [0.1, 0.15) is 17.8 Å². The summed E-state index contributed by atoms with van der Waals surface area (Å²) in [4.78, 5) is 29.3. The van der Waals surface area contributed by atoms with Crippen molar-refractivity contribution in [2.45, 2.75) is 37.9 Å². The van der Waals surface area contributed by atoms with Crippen LogP contribution in [-0.4, -0.2) is 57.5 Å². The Labute approximate surface area is 143 Å².